The van der Waals surface area contributed by atoms with Crippen molar-refractivity contribution >= 4 is 37.3 Å². The Bertz CT molecular complexity index is 1120. The lowest BCUT2D eigenvalue weighted by Crippen LogP contribution is -2.13. The highest BCUT2D eigenvalue weighted by molar-refractivity contribution is 7.91. The first-order valence-electron chi connectivity index (χ1n) is 7.80. The summed E-state index contributed by atoms with van der Waals surface area (Å²) in [6.45, 7) is 3.61. The molecule has 0 saturated heterocycles. The predicted molar refractivity (Wildman–Crippen MR) is 99.6 cm³/mol. The van der Waals surface area contributed by atoms with E-state index in [1.807, 2.05) is 30.7 Å². The molecule has 0 atom stereocenters. The zero-order valence-corrected chi connectivity index (χ0v) is 15.8. The van der Waals surface area contributed by atoms with Crippen molar-refractivity contribution in [1.29, 1.82) is 0 Å². The van der Waals surface area contributed by atoms with Crippen LogP contribution >= 0.6 is 11.3 Å². The molecule has 0 aliphatic carbocycles. The molecule has 0 aliphatic rings. The second-order valence-electron chi connectivity index (χ2n) is 5.76. The van der Waals surface area contributed by atoms with Gasteiger partial charge < -0.3 is 4.57 Å². The number of thiazole rings is 1. The Morgan fingerprint density at radius 3 is 2.48 bits per heavy atom. The van der Waals surface area contributed by atoms with Gasteiger partial charge in [-0.05, 0) is 48.9 Å². The summed E-state index contributed by atoms with van der Waals surface area (Å²) in [6, 6.07) is 12.0. The van der Waals surface area contributed by atoms with E-state index in [0.717, 1.165) is 15.8 Å². The molecule has 0 aliphatic heterocycles. The van der Waals surface area contributed by atoms with Crippen LogP contribution < -0.4 is 4.80 Å². The summed E-state index contributed by atoms with van der Waals surface area (Å²) in [5.74, 6) is -0.360. The molecule has 2 aromatic carbocycles. The number of nitrogens with zero attached hydrogens (tertiary/aromatic N) is 2. The number of fused-ring (bicyclic) bond motifs is 1. The molecule has 0 radical (unpaired) electrons. The third-order valence-electron chi connectivity index (χ3n) is 4.00. The Morgan fingerprint density at radius 2 is 1.84 bits per heavy atom. The van der Waals surface area contributed by atoms with Gasteiger partial charge in [-0.2, -0.15) is 4.99 Å². The first-order valence-corrected chi connectivity index (χ1v) is 10.3. The summed E-state index contributed by atoms with van der Waals surface area (Å²) in [4.78, 5) is 17.4. The lowest BCUT2D eigenvalue weighted by Gasteiger charge is -2.01. The fraction of sp³-hybridized carbons (Fsp3) is 0.222. The van der Waals surface area contributed by atoms with Gasteiger partial charge in [-0.25, -0.2) is 8.42 Å². The molecule has 0 bridgehead atoms. The van der Waals surface area contributed by atoms with Gasteiger partial charge in [0.15, 0.2) is 14.6 Å². The molecule has 1 aromatic heterocycles. The molecule has 0 N–H and O–H groups in total. The molecule has 7 heteroatoms. The summed E-state index contributed by atoms with van der Waals surface area (Å²) < 4.78 is 26.6. The van der Waals surface area contributed by atoms with E-state index in [0.29, 0.717) is 10.4 Å². The van der Waals surface area contributed by atoms with Crippen LogP contribution in [0.5, 0.6) is 0 Å². The van der Waals surface area contributed by atoms with E-state index in [1.54, 1.807) is 6.92 Å². The zero-order valence-electron chi connectivity index (χ0n) is 14.2. The number of benzene rings is 2. The van der Waals surface area contributed by atoms with E-state index in [9.17, 15) is 13.2 Å². The van der Waals surface area contributed by atoms with Crippen molar-refractivity contribution < 1.29 is 13.2 Å². The molecular formula is C18H18N2O3S2. The standard InChI is InChI=1S/C18H18N2O3S2/c1-4-25(22,23)14-8-6-13(7-9-14)17(21)19-18-20(3)15-10-5-12(2)11-16(15)24-18/h5-11H,4H2,1-3H3. The SMILES string of the molecule is CCS(=O)(=O)c1ccc(C(=O)N=c2sc3cc(C)ccc3n2C)cc1. The van der Waals surface area contributed by atoms with E-state index < -0.39 is 9.84 Å². The highest BCUT2D eigenvalue weighted by Gasteiger charge is 2.13. The zero-order chi connectivity index (χ0) is 18.2. The molecule has 0 saturated carbocycles. The largest absolute Gasteiger partial charge is 0.319 e. The van der Waals surface area contributed by atoms with E-state index in [4.69, 9.17) is 0 Å². The molecule has 25 heavy (non-hydrogen) atoms. The van der Waals surface area contributed by atoms with Crippen LogP contribution in [0.4, 0.5) is 0 Å². The number of amides is 1. The maximum absolute atomic E-state index is 12.4. The molecule has 5 nitrogen and oxygen atoms in total. The van der Waals surface area contributed by atoms with Crippen LogP contribution in [0.2, 0.25) is 0 Å². The minimum Gasteiger partial charge on any atom is -0.319 e. The number of carbonyl (C=O) groups excluding carboxylic acids is 1. The van der Waals surface area contributed by atoms with Crippen molar-refractivity contribution in [3.05, 3.63) is 58.4 Å². The topological polar surface area (TPSA) is 68.5 Å². The fourth-order valence-corrected chi connectivity index (χ4v) is 4.47. The second kappa shape index (κ2) is 6.57. The number of hydrogen-bond acceptors (Lipinski definition) is 4. The average Bonchev–Trinajstić information content (AvgIpc) is 2.90. The molecular weight excluding hydrogens is 356 g/mol. The molecule has 3 rings (SSSR count). The molecule has 1 heterocycles. The number of aromatic nitrogens is 1. The van der Waals surface area contributed by atoms with Crippen LogP contribution in [0, 0.1) is 6.92 Å². The van der Waals surface area contributed by atoms with Crippen molar-refractivity contribution in [3.63, 3.8) is 0 Å². The van der Waals surface area contributed by atoms with Gasteiger partial charge in [-0.15, -0.1) is 0 Å². The van der Waals surface area contributed by atoms with Crippen molar-refractivity contribution in [2.75, 3.05) is 5.75 Å². The van der Waals surface area contributed by atoms with Gasteiger partial charge in [0.1, 0.15) is 0 Å². The number of carbonyl (C=O) groups is 1. The molecule has 0 unspecified atom stereocenters. The molecule has 130 valence electrons. The Morgan fingerprint density at radius 1 is 1.16 bits per heavy atom. The number of rotatable bonds is 3. The molecule has 1 amide bonds. The van der Waals surface area contributed by atoms with Crippen LogP contribution in [0.1, 0.15) is 22.8 Å². The van der Waals surface area contributed by atoms with Gasteiger partial charge in [-0.1, -0.05) is 24.3 Å². The summed E-state index contributed by atoms with van der Waals surface area (Å²) in [7, 11) is -1.40. The van der Waals surface area contributed by atoms with Crippen LogP contribution in [0.3, 0.4) is 0 Å². The lowest BCUT2D eigenvalue weighted by molar-refractivity contribution is 0.0998. The normalized spacial score (nSPS) is 12.7. The third-order valence-corrected chi connectivity index (χ3v) is 6.85. The van der Waals surface area contributed by atoms with Crippen molar-refractivity contribution in [3.8, 4) is 0 Å². The quantitative estimate of drug-likeness (QED) is 0.707. The van der Waals surface area contributed by atoms with Crippen LogP contribution in [0.25, 0.3) is 10.2 Å². The van der Waals surface area contributed by atoms with Crippen molar-refractivity contribution in [1.82, 2.24) is 4.57 Å². The number of sulfone groups is 1. The average molecular weight is 374 g/mol. The Balaban J connectivity index is 1.99. The Hall–Kier alpha value is -2.25. The second-order valence-corrected chi connectivity index (χ2v) is 9.05. The number of aryl methyl sites for hydroxylation is 2. The smallest absolute Gasteiger partial charge is 0.279 e. The lowest BCUT2D eigenvalue weighted by atomic mass is 10.2. The monoisotopic (exact) mass is 374 g/mol. The highest BCUT2D eigenvalue weighted by Crippen LogP contribution is 2.18. The van der Waals surface area contributed by atoms with Gasteiger partial charge >= 0.3 is 0 Å². The van der Waals surface area contributed by atoms with Crippen molar-refractivity contribution in [2.45, 2.75) is 18.7 Å². The van der Waals surface area contributed by atoms with Crippen LogP contribution in [-0.4, -0.2) is 24.6 Å². The van der Waals surface area contributed by atoms with E-state index in [-0.39, 0.29) is 16.6 Å². The fourth-order valence-electron chi connectivity index (χ4n) is 2.47. The minimum absolute atomic E-state index is 0.0295. The van der Waals surface area contributed by atoms with E-state index in [2.05, 4.69) is 11.1 Å². The molecule has 0 spiro atoms. The van der Waals surface area contributed by atoms with E-state index >= 15 is 0 Å². The molecule has 3 aromatic rings. The Labute approximate surface area is 150 Å². The maximum Gasteiger partial charge on any atom is 0.279 e. The summed E-state index contributed by atoms with van der Waals surface area (Å²) in [5.41, 5.74) is 2.54. The maximum atomic E-state index is 12.4. The van der Waals surface area contributed by atoms with Gasteiger partial charge in [0.25, 0.3) is 5.91 Å². The Kier molecular flexibility index (Phi) is 4.62. The van der Waals surface area contributed by atoms with E-state index in [1.165, 1.54) is 35.6 Å². The van der Waals surface area contributed by atoms with Gasteiger partial charge in [0.05, 0.1) is 20.9 Å². The number of hydrogen-bond donors (Lipinski definition) is 0. The highest BCUT2D eigenvalue weighted by atomic mass is 32.2. The van der Waals surface area contributed by atoms with Crippen LogP contribution in [-0.2, 0) is 16.9 Å². The first kappa shape index (κ1) is 17.6. The van der Waals surface area contributed by atoms with Crippen LogP contribution in [0.15, 0.2) is 52.4 Å². The van der Waals surface area contributed by atoms with Gasteiger partial charge in [-0.3, -0.25) is 4.79 Å². The van der Waals surface area contributed by atoms with Gasteiger partial charge in [0, 0.05) is 12.6 Å². The first-order chi connectivity index (χ1) is 11.8. The predicted octanol–water partition coefficient (Wildman–Crippen LogP) is 3.08. The van der Waals surface area contributed by atoms with Gasteiger partial charge in [0.2, 0.25) is 0 Å². The summed E-state index contributed by atoms with van der Waals surface area (Å²) >= 11 is 1.45. The minimum atomic E-state index is -3.27. The summed E-state index contributed by atoms with van der Waals surface area (Å²) in [6.07, 6.45) is 0. The summed E-state index contributed by atoms with van der Waals surface area (Å²) in [5, 5.41) is 0. The third kappa shape index (κ3) is 3.43. The molecule has 0 fully saturated rings. The van der Waals surface area contributed by atoms with Crippen molar-refractivity contribution in [2.24, 2.45) is 12.0 Å².